The van der Waals surface area contributed by atoms with Gasteiger partial charge < -0.3 is 19.7 Å². The molecule has 1 saturated heterocycles. The third kappa shape index (κ3) is 5.09. The monoisotopic (exact) mass is 409 g/mol. The molecule has 2 amide bonds. The molecule has 158 valence electrons. The molecule has 0 unspecified atom stereocenters. The molecular weight excluding hydrogens is 382 g/mol. The number of carbonyl (C=O) groups is 2. The molecule has 1 aromatic carbocycles. The standard InChI is InChI=1S/C23H27N3O4/c1-29-19-3-2-4-20(13-19)30-21-8-5-16(14-24-21)15-25-22(27)17-9-11-26(12-10-17)23(28)18-6-7-18/h2-5,8,13-14,17-18H,6-7,9-12,15H2,1H3,(H,25,27). The lowest BCUT2D eigenvalue weighted by Gasteiger charge is -2.31. The number of likely N-dealkylation sites (tertiary alicyclic amines) is 1. The lowest BCUT2D eigenvalue weighted by atomic mass is 9.95. The van der Waals surface area contributed by atoms with E-state index in [1.165, 1.54) is 0 Å². The van der Waals surface area contributed by atoms with E-state index in [4.69, 9.17) is 9.47 Å². The second-order valence-electron chi connectivity index (χ2n) is 7.88. The molecule has 1 saturated carbocycles. The van der Waals surface area contributed by atoms with Crippen LogP contribution in [0.25, 0.3) is 0 Å². The highest BCUT2D eigenvalue weighted by Gasteiger charge is 2.35. The molecule has 7 heteroatoms. The Morgan fingerprint density at radius 2 is 1.83 bits per heavy atom. The van der Waals surface area contributed by atoms with Gasteiger partial charge in [-0.15, -0.1) is 0 Å². The van der Waals surface area contributed by atoms with Gasteiger partial charge in [-0.05, 0) is 43.4 Å². The highest BCUT2D eigenvalue weighted by molar-refractivity contribution is 5.82. The van der Waals surface area contributed by atoms with Crippen LogP contribution in [0, 0.1) is 11.8 Å². The average Bonchev–Trinajstić information content (AvgIpc) is 3.64. The van der Waals surface area contributed by atoms with Gasteiger partial charge in [-0.1, -0.05) is 12.1 Å². The zero-order valence-corrected chi connectivity index (χ0v) is 17.2. The fourth-order valence-corrected chi connectivity index (χ4v) is 3.65. The van der Waals surface area contributed by atoms with Gasteiger partial charge in [0.2, 0.25) is 17.7 Å². The van der Waals surface area contributed by atoms with Crippen LogP contribution < -0.4 is 14.8 Å². The number of nitrogens with zero attached hydrogens (tertiary/aromatic N) is 2. The van der Waals surface area contributed by atoms with Crippen molar-refractivity contribution in [3.05, 3.63) is 48.2 Å². The highest BCUT2D eigenvalue weighted by atomic mass is 16.5. The van der Waals surface area contributed by atoms with E-state index in [1.54, 1.807) is 25.4 Å². The Morgan fingerprint density at radius 3 is 2.50 bits per heavy atom. The molecular formula is C23H27N3O4. The molecule has 0 spiro atoms. The molecule has 7 nitrogen and oxygen atoms in total. The molecule has 2 aliphatic rings. The third-order valence-corrected chi connectivity index (χ3v) is 5.63. The Morgan fingerprint density at radius 1 is 1.07 bits per heavy atom. The number of rotatable bonds is 7. The third-order valence-electron chi connectivity index (χ3n) is 5.63. The van der Waals surface area contributed by atoms with Crippen LogP contribution in [0.1, 0.15) is 31.2 Å². The summed E-state index contributed by atoms with van der Waals surface area (Å²) in [5.74, 6) is 2.38. The molecule has 4 rings (SSSR count). The maximum absolute atomic E-state index is 12.5. The minimum absolute atomic E-state index is 0.0307. The van der Waals surface area contributed by atoms with E-state index in [0.29, 0.717) is 31.3 Å². The summed E-state index contributed by atoms with van der Waals surface area (Å²) in [4.78, 5) is 30.9. The number of hydrogen-bond acceptors (Lipinski definition) is 5. The van der Waals surface area contributed by atoms with Crippen molar-refractivity contribution < 1.29 is 19.1 Å². The second-order valence-corrected chi connectivity index (χ2v) is 7.88. The van der Waals surface area contributed by atoms with E-state index in [2.05, 4.69) is 10.3 Å². The van der Waals surface area contributed by atoms with Gasteiger partial charge in [0.05, 0.1) is 7.11 Å². The van der Waals surface area contributed by atoms with Crippen LogP contribution >= 0.6 is 0 Å². The van der Waals surface area contributed by atoms with E-state index in [1.807, 2.05) is 29.2 Å². The zero-order valence-electron chi connectivity index (χ0n) is 17.2. The smallest absolute Gasteiger partial charge is 0.225 e. The van der Waals surface area contributed by atoms with Crippen molar-refractivity contribution in [2.45, 2.75) is 32.2 Å². The maximum atomic E-state index is 12.5. The Kier molecular flexibility index (Phi) is 6.16. The second kappa shape index (κ2) is 9.15. The van der Waals surface area contributed by atoms with Gasteiger partial charge in [-0.25, -0.2) is 4.98 Å². The lowest BCUT2D eigenvalue weighted by molar-refractivity contribution is -0.136. The summed E-state index contributed by atoms with van der Waals surface area (Å²) < 4.78 is 10.9. The summed E-state index contributed by atoms with van der Waals surface area (Å²) in [6.45, 7) is 1.79. The van der Waals surface area contributed by atoms with E-state index in [9.17, 15) is 9.59 Å². The van der Waals surface area contributed by atoms with Gasteiger partial charge in [0, 0.05) is 49.8 Å². The summed E-state index contributed by atoms with van der Waals surface area (Å²) in [7, 11) is 1.61. The number of hydrogen-bond donors (Lipinski definition) is 1. The van der Waals surface area contributed by atoms with E-state index < -0.39 is 0 Å². The number of aromatic nitrogens is 1. The van der Waals surface area contributed by atoms with Crippen molar-refractivity contribution in [1.82, 2.24) is 15.2 Å². The molecule has 0 atom stereocenters. The number of amides is 2. The normalized spacial score (nSPS) is 16.8. The number of pyridine rings is 1. The van der Waals surface area contributed by atoms with E-state index in [0.717, 1.165) is 37.0 Å². The lowest BCUT2D eigenvalue weighted by Crippen LogP contribution is -2.43. The number of benzene rings is 1. The van der Waals surface area contributed by atoms with E-state index in [-0.39, 0.29) is 23.7 Å². The molecule has 2 aromatic rings. The first kappa shape index (κ1) is 20.2. The quantitative estimate of drug-likeness (QED) is 0.760. The Balaban J connectivity index is 1.23. The summed E-state index contributed by atoms with van der Waals surface area (Å²) in [5.41, 5.74) is 0.905. The SMILES string of the molecule is COc1cccc(Oc2ccc(CNC(=O)C3CCN(C(=O)C4CC4)CC3)cn2)c1. The van der Waals surface area contributed by atoms with Crippen LogP contribution in [0.3, 0.4) is 0 Å². The van der Waals surface area contributed by atoms with Crippen LogP contribution in [-0.2, 0) is 16.1 Å². The maximum Gasteiger partial charge on any atom is 0.225 e. The molecule has 1 aromatic heterocycles. The molecule has 1 aliphatic carbocycles. The number of ether oxygens (including phenoxy) is 2. The minimum Gasteiger partial charge on any atom is -0.497 e. The fraction of sp³-hybridized carbons (Fsp3) is 0.435. The summed E-state index contributed by atoms with van der Waals surface area (Å²) in [5, 5.41) is 2.99. The van der Waals surface area contributed by atoms with Crippen LogP contribution in [0.5, 0.6) is 17.4 Å². The fourth-order valence-electron chi connectivity index (χ4n) is 3.65. The average molecular weight is 409 g/mol. The Bertz CT molecular complexity index is 888. The molecule has 30 heavy (non-hydrogen) atoms. The van der Waals surface area contributed by atoms with Crippen molar-refractivity contribution in [3.63, 3.8) is 0 Å². The van der Waals surface area contributed by atoms with Crippen LogP contribution in [0.4, 0.5) is 0 Å². The van der Waals surface area contributed by atoms with Gasteiger partial charge in [0.15, 0.2) is 0 Å². The van der Waals surface area contributed by atoms with Crippen molar-refractivity contribution in [1.29, 1.82) is 0 Å². The van der Waals surface area contributed by atoms with Crippen LogP contribution in [0.15, 0.2) is 42.6 Å². The van der Waals surface area contributed by atoms with E-state index >= 15 is 0 Å². The first-order chi connectivity index (χ1) is 14.6. The summed E-state index contributed by atoms with van der Waals surface area (Å²) in [6.07, 6.45) is 5.21. The number of nitrogens with one attached hydrogen (secondary N) is 1. The Labute approximate surface area is 176 Å². The van der Waals surface area contributed by atoms with Crippen LogP contribution in [-0.4, -0.2) is 41.9 Å². The Hall–Kier alpha value is -3.09. The number of carbonyl (C=O) groups excluding carboxylic acids is 2. The first-order valence-corrected chi connectivity index (χ1v) is 10.5. The van der Waals surface area contributed by atoms with Gasteiger partial charge in [-0.2, -0.15) is 0 Å². The molecule has 1 aliphatic heterocycles. The van der Waals surface area contributed by atoms with Crippen molar-refractivity contribution in [3.8, 4) is 17.4 Å². The number of piperidine rings is 1. The van der Waals surface area contributed by atoms with Crippen molar-refractivity contribution in [2.75, 3.05) is 20.2 Å². The van der Waals surface area contributed by atoms with Crippen LogP contribution in [0.2, 0.25) is 0 Å². The molecule has 1 N–H and O–H groups in total. The summed E-state index contributed by atoms with van der Waals surface area (Å²) >= 11 is 0. The van der Waals surface area contributed by atoms with Gasteiger partial charge in [-0.3, -0.25) is 9.59 Å². The van der Waals surface area contributed by atoms with Crippen molar-refractivity contribution >= 4 is 11.8 Å². The minimum atomic E-state index is -0.0307. The highest BCUT2D eigenvalue weighted by Crippen LogP contribution is 2.32. The topological polar surface area (TPSA) is 80.8 Å². The molecule has 0 radical (unpaired) electrons. The van der Waals surface area contributed by atoms with Crippen molar-refractivity contribution in [2.24, 2.45) is 11.8 Å². The zero-order chi connectivity index (χ0) is 20.9. The van der Waals surface area contributed by atoms with Gasteiger partial charge >= 0.3 is 0 Å². The van der Waals surface area contributed by atoms with Gasteiger partial charge in [0.25, 0.3) is 0 Å². The largest absolute Gasteiger partial charge is 0.497 e. The summed E-state index contributed by atoms with van der Waals surface area (Å²) in [6, 6.07) is 11.0. The predicted molar refractivity (Wildman–Crippen MR) is 111 cm³/mol. The first-order valence-electron chi connectivity index (χ1n) is 10.5. The number of methoxy groups -OCH3 is 1. The molecule has 2 heterocycles. The molecule has 0 bridgehead atoms. The molecule has 2 fully saturated rings. The van der Waals surface area contributed by atoms with Gasteiger partial charge in [0.1, 0.15) is 11.5 Å². The predicted octanol–water partition coefficient (Wildman–Crippen LogP) is 3.15.